The maximum atomic E-state index is 12.6. The lowest BCUT2D eigenvalue weighted by atomic mass is 9.96. The number of anilines is 2. The van der Waals surface area contributed by atoms with Crippen LogP contribution in [0.25, 0.3) is 0 Å². The molecule has 2 fully saturated rings. The highest BCUT2D eigenvalue weighted by Crippen LogP contribution is 2.37. The molecule has 1 aromatic carbocycles. The van der Waals surface area contributed by atoms with E-state index in [0.29, 0.717) is 25.2 Å². The van der Waals surface area contributed by atoms with Crippen molar-refractivity contribution in [2.75, 3.05) is 75.8 Å². The Morgan fingerprint density at radius 1 is 1.05 bits per heavy atom. The number of ether oxygens (including phenoxy) is 1. The Bertz CT molecular complexity index is 957. The molecule has 1 unspecified atom stereocenters. The van der Waals surface area contributed by atoms with Gasteiger partial charge in [0.1, 0.15) is 12.3 Å². The topological polar surface area (TPSA) is 103 Å². The van der Waals surface area contributed by atoms with Crippen molar-refractivity contribution in [3.63, 3.8) is 0 Å². The summed E-state index contributed by atoms with van der Waals surface area (Å²) in [7, 11) is 1.65. The molecule has 10 heteroatoms. The molecule has 1 atom stereocenters. The average Bonchev–Trinajstić information content (AvgIpc) is 3.37. The Kier molecular flexibility index (Phi) is 9.38. The molecule has 4 rings (SSSR count). The second kappa shape index (κ2) is 12.9. The first-order valence-corrected chi connectivity index (χ1v) is 13.4. The summed E-state index contributed by atoms with van der Waals surface area (Å²) in [5.41, 5.74) is 3.67. The minimum Gasteiger partial charge on any atom is -0.458 e. The molecule has 2 amide bonds. The van der Waals surface area contributed by atoms with Crippen molar-refractivity contribution >= 4 is 35.9 Å². The number of fused-ring (bicyclic) bond motifs is 1. The molecular weight excluding hydrogens is 474 g/mol. The van der Waals surface area contributed by atoms with E-state index < -0.39 is 0 Å². The van der Waals surface area contributed by atoms with Crippen LogP contribution in [0, 0.1) is 5.92 Å². The van der Waals surface area contributed by atoms with Crippen LogP contribution in [0.4, 0.5) is 11.4 Å². The fourth-order valence-electron chi connectivity index (χ4n) is 5.98. The lowest BCUT2D eigenvalue weighted by Crippen LogP contribution is -2.49. The first kappa shape index (κ1) is 26.9. The predicted octanol–water partition coefficient (Wildman–Crippen LogP) is 0.676. The number of benzene rings is 1. The van der Waals surface area contributed by atoms with Crippen LogP contribution < -0.4 is 15.1 Å². The number of likely N-dealkylation sites (tertiary alicyclic amines) is 1. The van der Waals surface area contributed by atoms with Gasteiger partial charge in [-0.1, -0.05) is 6.07 Å². The zero-order chi connectivity index (χ0) is 26.2. The number of likely N-dealkylation sites (N-methyl/N-ethyl adjacent to an activating group) is 1. The molecule has 3 aliphatic rings. The number of rotatable bonds is 11. The largest absolute Gasteiger partial charge is 0.458 e. The highest BCUT2D eigenvalue weighted by atomic mass is 16.5. The molecule has 0 bridgehead atoms. The van der Waals surface area contributed by atoms with Crippen molar-refractivity contribution in [3.05, 3.63) is 23.8 Å². The van der Waals surface area contributed by atoms with Gasteiger partial charge in [0.25, 0.3) is 12.4 Å². The number of carbonyl (C=O) groups is 4. The van der Waals surface area contributed by atoms with Gasteiger partial charge in [-0.2, -0.15) is 0 Å². The van der Waals surface area contributed by atoms with Gasteiger partial charge in [-0.05, 0) is 43.7 Å². The summed E-state index contributed by atoms with van der Waals surface area (Å²) in [6.45, 7) is 7.35. The Labute approximate surface area is 218 Å². The summed E-state index contributed by atoms with van der Waals surface area (Å²) in [4.78, 5) is 54.9. The summed E-state index contributed by atoms with van der Waals surface area (Å²) >= 11 is 0. The van der Waals surface area contributed by atoms with Crippen molar-refractivity contribution in [1.82, 2.24) is 15.1 Å². The third-order valence-corrected chi connectivity index (χ3v) is 7.99. The molecule has 0 aromatic heterocycles. The van der Waals surface area contributed by atoms with E-state index >= 15 is 0 Å². The molecule has 0 spiro atoms. The van der Waals surface area contributed by atoms with E-state index in [4.69, 9.17) is 0 Å². The lowest BCUT2D eigenvalue weighted by Gasteiger charge is -2.40. The minimum atomic E-state index is -0.331. The Morgan fingerprint density at radius 2 is 1.78 bits per heavy atom. The van der Waals surface area contributed by atoms with E-state index in [-0.39, 0.29) is 24.5 Å². The maximum absolute atomic E-state index is 12.6. The van der Waals surface area contributed by atoms with Crippen LogP contribution in [0.5, 0.6) is 0 Å². The fourth-order valence-corrected chi connectivity index (χ4v) is 5.98. The number of aldehydes is 1. The zero-order valence-corrected chi connectivity index (χ0v) is 21.8. The van der Waals surface area contributed by atoms with E-state index in [1.165, 1.54) is 11.3 Å². The fraction of sp³-hybridized carbons (Fsp3) is 0.630. The first-order valence-electron chi connectivity index (χ1n) is 13.4. The van der Waals surface area contributed by atoms with Crippen LogP contribution in [0.15, 0.2) is 18.2 Å². The molecule has 2 saturated heterocycles. The second-order valence-corrected chi connectivity index (χ2v) is 10.1. The summed E-state index contributed by atoms with van der Waals surface area (Å²) < 4.78 is 4.60. The Morgan fingerprint density at radius 3 is 2.46 bits per heavy atom. The molecule has 1 aromatic rings. The summed E-state index contributed by atoms with van der Waals surface area (Å²) in [5, 5.41) is 2.76. The average molecular weight is 514 g/mol. The highest BCUT2D eigenvalue weighted by Gasteiger charge is 2.33. The normalized spacial score (nSPS) is 19.3. The predicted molar refractivity (Wildman–Crippen MR) is 141 cm³/mol. The number of nitrogens with one attached hydrogen (secondary N) is 1. The highest BCUT2D eigenvalue weighted by molar-refractivity contribution is 5.87. The molecular formula is C27H39N5O5. The Hall–Kier alpha value is -3.14. The molecule has 0 aliphatic carbocycles. The minimum absolute atomic E-state index is 0.0433. The molecule has 37 heavy (non-hydrogen) atoms. The van der Waals surface area contributed by atoms with Gasteiger partial charge in [-0.15, -0.1) is 0 Å². The SMILES string of the molecule is CNC(=O)C(CCC=O)N1CCc2c(N3CCN(CC4CCN(C(=O)COC=O)CC4)CC3)cccc21. The van der Waals surface area contributed by atoms with Gasteiger partial charge in [0.15, 0.2) is 6.61 Å². The van der Waals surface area contributed by atoms with E-state index in [2.05, 4.69) is 43.0 Å². The summed E-state index contributed by atoms with van der Waals surface area (Å²) in [6.07, 6.45) is 4.63. The van der Waals surface area contributed by atoms with Gasteiger partial charge in [0.05, 0.1) is 0 Å². The maximum Gasteiger partial charge on any atom is 0.293 e. The quantitative estimate of drug-likeness (QED) is 0.431. The number of nitrogens with zero attached hydrogens (tertiary/aromatic N) is 4. The number of hydrogen-bond acceptors (Lipinski definition) is 8. The van der Waals surface area contributed by atoms with Crippen LogP contribution in [0.2, 0.25) is 0 Å². The van der Waals surface area contributed by atoms with E-state index in [0.717, 1.165) is 83.6 Å². The van der Waals surface area contributed by atoms with Crippen molar-refractivity contribution < 1.29 is 23.9 Å². The van der Waals surface area contributed by atoms with Crippen molar-refractivity contribution in [3.8, 4) is 0 Å². The number of carbonyl (C=O) groups excluding carboxylic acids is 4. The smallest absolute Gasteiger partial charge is 0.293 e. The molecule has 1 N–H and O–H groups in total. The van der Waals surface area contributed by atoms with E-state index in [1.54, 1.807) is 11.9 Å². The zero-order valence-electron chi connectivity index (χ0n) is 21.8. The van der Waals surface area contributed by atoms with Gasteiger partial charge < -0.3 is 29.5 Å². The van der Waals surface area contributed by atoms with Gasteiger partial charge >= 0.3 is 0 Å². The molecule has 202 valence electrons. The van der Waals surface area contributed by atoms with Gasteiger partial charge in [-0.3, -0.25) is 19.3 Å². The molecule has 0 radical (unpaired) electrons. The number of hydrogen-bond donors (Lipinski definition) is 1. The first-order chi connectivity index (χ1) is 18.0. The lowest BCUT2D eigenvalue weighted by molar-refractivity contribution is -0.144. The van der Waals surface area contributed by atoms with Gasteiger partial charge in [0.2, 0.25) is 5.91 Å². The van der Waals surface area contributed by atoms with Crippen LogP contribution in [-0.2, 0) is 30.3 Å². The van der Waals surface area contributed by atoms with E-state index in [1.807, 2.05) is 0 Å². The van der Waals surface area contributed by atoms with Crippen LogP contribution in [-0.4, -0.2) is 106 Å². The summed E-state index contributed by atoms with van der Waals surface area (Å²) in [6, 6.07) is 6.04. The van der Waals surface area contributed by atoms with Gasteiger partial charge in [-0.25, -0.2) is 0 Å². The number of amides is 2. The molecule has 3 heterocycles. The third-order valence-electron chi connectivity index (χ3n) is 7.99. The van der Waals surface area contributed by atoms with Gasteiger partial charge in [0, 0.05) is 82.8 Å². The second-order valence-electron chi connectivity index (χ2n) is 10.1. The Balaban J connectivity index is 1.31. The monoisotopic (exact) mass is 513 g/mol. The third kappa shape index (κ3) is 6.41. The van der Waals surface area contributed by atoms with Crippen LogP contribution in [0.1, 0.15) is 31.2 Å². The number of piperazine rings is 1. The molecule has 3 aliphatic heterocycles. The van der Waals surface area contributed by atoms with Crippen molar-refractivity contribution in [2.24, 2.45) is 5.92 Å². The standard InChI is InChI=1S/C27H39N5O5/c1-28-27(36)25(6-3-17-33)32-12-9-22-23(4-2-5-24(22)32)30-15-13-29(14-16-30)18-21-7-10-31(11-8-21)26(35)19-37-20-34/h2,4-5,17,20-21,25H,3,6-16,18-19H2,1H3,(H,28,36). The van der Waals surface area contributed by atoms with Crippen LogP contribution >= 0.6 is 0 Å². The summed E-state index contributed by atoms with van der Waals surface area (Å²) in [5.74, 6) is 0.418. The van der Waals surface area contributed by atoms with Crippen molar-refractivity contribution in [2.45, 2.75) is 38.1 Å². The van der Waals surface area contributed by atoms with Crippen LogP contribution in [0.3, 0.4) is 0 Å². The molecule has 10 nitrogen and oxygen atoms in total. The molecule has 0 saturated carbocycles. The van der Waals surface area contributed by atoms with Crippen molar-refractivity contribution in [1.29, 1.82) is 0 Å². The number of piperidine rings is 1. The van der Waals surface area contributed by atoms with E-state index in [9.17, 15) is 19.2 Å².